The van der Waals surface area contributed by atoms with Crippen molar-refractivity contribution in [1.82, 2.24) is 4.90 Å². The van der Waals surface area contributed by atoms with E-state index in [0.29, 0.717) is 28.4 Å². The Morgan fingerprint density at radius 3 is 2.55 bits per heavy atom. The van der Waals surface area contributed by atoms with Crippen LogP contribution < -0.4 is 5.32 Å². The molecule has 3 N–H and O–H groups in total. The molecule has 8 heteroatoms. The summed E-state index contributed by atoms with van der Waals surface area (Å²) >= 11 is 12.5. The number of rotatable bonds is 3. The minimum absolute atomic E-state index is 0.205. The van der Waals surface area contributed by atoms with Crippen molar-refractivity contribution >= 4 is 40.6 Å². The molecular formula is C25H20Cl2N2O4. The van der Waals surface area contributed by atoms with Crippen LogP contribution in [-0.2, 0) is 10.3 Å². The fourth-order valence-corrected chi connectivity index (χ4v) is 5.83. The van der Waals surface area contributed by atoms with Gasteiger partial charge >= 0.3 is 0 Å². The average Bonchev–Trinajstić information content (AvgIpc) is 3.25. The smallest absolute Gasteiger partial charge is 0.250 e. The fraction of sp³-hybridized carbons (Fsp3) is 0.200. The summed E-state index contributed by atoms with van der Waals surface area (Å²) in [7, 11) is 1.81. The average molecular weight is 483 g/mol. The van der Waals surface area contributed by atoms with Gasteiger partial charge in [-0.1, -0.05) is 47.5 Å². The topological polar surface area (TPSA) is 89.9 Å². The molecule has 3 unspecified atom stereocenters. The lowest BCUT2D eigenvalue weighted by molar-refractivity contribution is -0.126. The van der Waals surface area contributed by atoms with E-state index in [-0.39, 0.29) is 33.8 Å². The molecule has 1 saturated heterocycles. The minimum Gasteiger partial charge on any atom is -0.504 e. The number of likely N-dealkylation sites (N-methyl/N-ethyl adjacent to an activating group) is 1. The molecule has 0 radical (unpaired) electrons. The number of phenols is 2. The molecule has 3 aromatic rings. The van der Waals surface area contributed by atoms with E-state index in [0.717, 1.165) is 0 Å². The Bertz CT molecular complexity index is 1310. The van der Waals surface area contributed by atoms with Gasteiger partial charge in [0, 0.05) is 34.3 Å². The van der Waals surface area contributed by atoms with E-state index in [2.05, 4.69) is 5.32 Å². The van der Waals surface area contributed by atoms with E-state index in [9.17, 15) is 19.8 Å². The SMILES string of the molecule is CN1CC(c2ccc(O)c(O)c2)C(C(=O)c2ccc(Cl)cc2Cl)C12C(=O)Nc1ccccc12. The number of carbonyl (C=O) groups is 2. The highest BCUT2D eigenvalue weighted by atomic mass is 35.5. The summed E-state index contributed by atoms with van der Waals surface area (Å²) in [5.41, 5.74) is 1.00. The third-order valence-corrected chi connectivity index (χ3v) is 7.31. The number of likely N-dealkylation sites (tertiary alicyclic amines) is 1. The first kappa shape index (κ1) is 21.8. The Morgan fingerprint density at radius 1 is 1.06 bits per heavy atom. The molecule has 2 aliphatic rings. The summed E-state index contributed by atoms with van der Waals surface area (Å²) in [4.78, 5) is 29.6. The van der Waals surface area contributed by atoms with Crippen LogP contribution in [0.5, 0.6) is 11.5 Å². The number of carbonyl (C=O) groups excluding carboxylic acids is 2. The summed E-state index contributed by atoms with van der Waals surface area (Å²) < 4.78 is 0. The summed E-state index contributed by atoms with van der Waals surface area (Å²) in [5, 5.41) is 23.5. The van der Waals surface area contributed by atoms with Crippen LogP contribution in [0.25, 0.3) is 0 Å². The Morgan fingerprint density at radius 2 is 1.82 bits per heavy atom. The first-order chi connectivity index (χ1) is 15.7. The maximum atomic E-state index is 14.1. The van der Waals surface area contributed by atoms with E-state index in [1.54, 1.807) is 18.2 Å². The van der Waals surface area contributed by atoms with Crippen molar-refractivity contribution in [3.63, 3.8) is 0 Å². The second kappa shape index (κ2) is 7.76. The highest BCUT2D eigenvalue weighted by Crippen LogP contribution is 2.56. The number of halogens is 2. The van der Waals surface area contributed by atoms with Crippen LogP contribution in [-0.4, -0.2) is 40.4 Å². The van der Waals surface area contributed by atoms with Crippen molar-refractivity contribution in [2.75, 3.05) is 18.9 Å². The van der Waals surface area contributed by atoms with Gasteiger partial charge in [0.25, 0.3) is 0 Å². The molecule has 0 saturated carbocycles. The zero-order valence-corrected chi connectivity index (χ0v) is 19.1. The van der Waals surface area contributed by atoms with Crippen LogP contribution in [0.3, 0.4) is 0 Å². The molecule has 1 amide bonds. The van der Waals surface area contributed by atoms with Gasteiger partial charge in [-0.2, -0.15) is 0 Å². The van der Waals surface area contributed by atoms with Crippen molar-refractivity contribution in [3.8, 4) is 11.5 Å². The molecule has 3 aromatic carbocycles. The number of fused-ring (bicyclic) bond motifs is 2. The van der Waals surface area contributed by atoms with Gasteiger partial charge in [0.2, 0.25) is 5.91 Å². The lowest BCUT2D eigenvalue weighted by Gasteiger charge is -2.35. The predicted octanol–water partition coefficient (Wildman–Crippen LogP) is 4.78. The van der Waals surface area contributed by atoms with Crippen LogP contribution in [0, 0.1) is 5.92 Å². The third-order valence-electron chi connectivity index (χ3n) is 6.76. The molecule has 33 heavy (non-hydrogen) atoms. The van der Waals surface area contributed by atoms with Crippen molar-refractivity contribution in [2.45, 2.75) is 11.5 Å². The zero-order chi connectivity index (χ0) is 23.5. The fourth-order valence-electron chi connectivity index (χ4n) is 5.32. The molecule has 2 heterocycles. The van der Waals surface area contributed by atoms with Gasteiger partial charge in [-0.15, -0.1) is 0 Å². The van der Waals surface area contributed by atoms with Gasteiger partial charge in [-0.05, 0) is 49.0 Å². The Labute approximate surface area is 200 Å². The Hall–Kier alpha value is -3.06. The lowest BCUT2D eigenvalue weighted by Crippen LogP contribution is -2.51. The Balaban J connectivity index is 1.74. The van der Waals surface area contributed by atoms with E-state index in [1.165, 1.54) is 18.2 Å². The number of nitrogens with zero attached hydrogens (tertiary/aromatic N) is 1. The summed E-state index contributed by atoms with van der Waals surface area (Å²) in [6, 6.07) is 16.5. The summed E-state index contributed by atoms with van der Waals surface area (Å²) in [5.74, 6) is -2.45. The van der Waals surface area contributed by atoms with Crippen LogP contribution in [0.2, 0.25) is 10.0 Å². The zero-order valence-electron chi connectivity index (χ0n) is 17.5. The monoisotopic (exact) mass is 482 g/mol. The number of nitrogens with one attached hydrogen (secondary N) is 1. The maximum absolute atomic E-state index is 14.1. The number of anilines is 1. The van der Waals surface area contributed by atoms with Crippen LogP contribution in [0.15, 0.2) is 60.7 Å². The van der Waals surface area contributed by atoms with Gasteiger partial charge in [-0.3, -0.25) is 14.5 Å². The second-order valence-electron chi connectivity index (χ2n) is 8.47. The number of hydrogen-bond acceptors (Lipinski definition) is 5. The number of hydrogen-bond donors (Lipinski definition) is 3. The molecule has 6 nitrogen and oxygen atoms in total. The quantitative estimate of drug-likeness (QED) is 0.369. The molecule has 0 aromatic heterocycles. The van der Waals surface area contributed by atoms with Crippen molar-refractivity contribution < 1.29 is 19.8 Å². The van der Waals surface area contributed by atoms with E-state index < -0.39 is 17.4 Å². The van der Waals surface area contributed by atoms with Gasteiger partial charge in [-0.25, -0.2) is 0 Å². The molecule has 1 spiro atoms. The third kappa shape index (κ3) is 3.13. The highest BCUT2D eigenvalue weighted by Gasteiger charge is 2.64. The number of amides is 1. The van der Waals surface area contributed by atoms with Gasteiger partial charge < -0.3 is 15.5 Å². The number of Topliss-reactive ketones (excluding diaryl/α,β-unsaturated/α-hetero) is 1. The predicted molar refractivity (Wildman–Crippen MR) is 126 cm³/mol. The summed E-state index contributed by atoms with van der Waals surface area (Å²) in [6.07, 6.45) is 0. The molecule has 0 bridgehead atoms. The van der Waals surface area contributed by atoms with Crippen molar-refractivity contribution in [1.29, 1.82) is 0 Å². The minimum atomic E-state index is -1.27. The molecule has 1 fully saturated rings. The largest absolute Gasteiger partial charge is 0.504 e. The van der Waals surface area contributed by atoms with Crippen molar-refractivity contribution in [3.05, 3.63) is 87.4 Å². The van der Waals surface area contributed by atoms with Crippen LogP contribution in [0.4, 0.5) is 5.69 Å². The van der Waals surface area contributed by atoms with Gasteiger partial charge in [0.05, 0.1) is 10.9 Å². The normalized spacial score (nSPS) is 24.2. The standard InChI is InChI=1S/C25H20Cl2N2O4/c1-29-12-16(13-6-9-20(30)21(31)10-13)22(23(32)15-8-7-14(26)11-18(15)27)25(29)17-4-2-3-5-19(17)28-24(25)33/h2-11,16,22,30-31H,12H2,1H3,(H,28,33). The molecular weight excluding hydrogens is 463 g/mol. The van der Waals surface area contributed by atoms with E-state index in [1.807, 2.05) is 36.2 Å². The number of aromatic hydroxyl groups is 2. The lowest BCUT2D eigenvalue weighted by atomic mass is 9.70. The number of benzene rings is 3. The molecule has 168 valence electrons. The number of phenolic OH excluding ortho intramolecular Hbond substituents is 2. The van der Waals surface area contributed by atoms with Crippen LogP contribution >= 0.6 is 23.2 Å². The van der Waals surface area contributed by atoms with Gasteiger partial charge in [0.1, 0.15) is 5.54 Å². The summed E-state index contributed by atoms with van der Waals surface area (Å²) in [6.45, 7) is 0.369. The van der Waals surface area contributed by atoms with Gasteiger partial charge in [0.15, 0.2) is 17.3 Å². The van der Waals surface area contributed by atoms with E-state index >= 15 is 0 Å². The number of para-hydroxylation sites is 1. The first-order valence-electron chi connectivity index (χ1n) is 10.4. The molecule has 2 aliphatic heterocycles. The highest BCUT2D eigenvalue weighted by molar-refractivity contribution is 6.37. The Kier molecular flexibility index (Phi) is 5.12. The first-order valence-corrected chi connectivity index (χ1v) is 11.1. The molecule has 3 atom stereocenters. The maximum Gasteiger partial charge on any atom is 0.250 e. The molecule has 5 rings (SSSR count). The second-order valence-corrected chi connectivity index (χ2v) is 9.31. The number of ketones is 1. The van der Waals surface area contributed by atoms with Crippen molar-refractivity contribution in [2.24, 2.45) is 5.92 Å². The molecule has 0 aliphatic carbocycles. The van der Waals surface area contributed by atoms with Crippen LogP contribution in [0.1, 0.15) is 27.4 Å². The van der Waals surface area contributed by atoms with E-state index in [4.69, 9.17) is 23.2 Å².